The third-order valence-corrected chi connectivity index (χ3v) is 5.04. The molecule has 1 aliphatic carbocycles. The van der Waals surface area contributed by atoms with E-state index in [1.54, 1.807) is 0 Å². The smallest absolute Gasteiger partial charge is 0 e. The number of aryl methyl sites for hydroxylation is 1. The predicted molar refractivity (Wildman–Crippen MR) is 102 cm³/mol. The van der Waals surface area contributed by atoms with Gasteiger partial charge < -0.3 is 0 Å². The monoisotopic (exact) mass is 389 g/mol. The van der Waals surface area contributed by atoms with Crippen molar-refractivity contribution >= 4 is 27.1 Å². The average Bonchev–Trinajstić information content (AvgIpc) is 3.13. The molecule has 0 spiro atoms. The Hall–Kier alpha value is -1.33. The zero-order valence-electron chi connectivity index (χ0n) is 14.9. The van der Waals surface area contributed by atoms with Crippen LogP contribution in [0, 0.1) is 6.92 Å². The van der Waals surface area contributed by atoms with Crippen LogP contribution in [0.15, 0.2) is 54.6 Å². The molecule has 3 aromatic rings. The number of rotatable bonds is 1. The summed E-state index contributed by atoms with van der Waals surface area (Å²) >= 11 is 0. The molecule has 1 aliphatic rings. The van der Waals surface area contributed by atoms with Crippen molar-refractivity contribution < 1.29 is 26.2 Å². The maximum atomic E-state index is 2.41. The third-order valence-electron chi connectivity index (χ3n) is 5.04. The summed E-state index contributed by atoms with van der Waals surface area (Å²) in [5, 5.41) is 5.59. The van der Waals surface area contributed by atoms with Crippen molar-refractivity contribution in [2.24, 2.45) is 0 Å². The summed E-state index contributed by atoms with van der Waals surface area (Å²) in [4.78, 5) is 0. The zero-order chi connectivity index (χ0) is 16.2. The van der Waals surface area contributed by atoms with Gasteiger partial charge in [0.15, 0.2) is 0 Å². The molecule has 4 rings (SSSR count). The first kappa shape index (κ1) is 17.5. The van der Waals surface area contributed by atoms with E-state index in [4.69, 9.17) is 0 Å². The molecule has 120 valence electrons. The minimum atomic E-state index is 0. The molecule has 0 unspecified atom stereocenters. The number of fused-ring (bicyclic) bond motifs is 3. The maximum Gasteiger partial charge on any atom is 0 e. The van der Waals surface area contributed by atoms with E-state index in [1.165, 1.54) is 43.8 Å². The second-order valence-electron chi connectivity index (χ2n) is 7.74. The van der Waals surface area contributed by atoms with E-state index in [1.807, 2.05) is 0 Å². The summed E-state index contributed by atoms with van der Waals surface area (Å²) in [6.45, 7) is 9.13. The van der Waals surface area contributed by atoms with Crippen molar-refractivity contribution in [1.82, 2.24) is 0 Å². The summed E-state index contributed by atoms with van der Waals surface area (Å²) in [7, 11) is 0. The van der Waals surface area contributed by atoms with Gasteiger partial charge in [0.25, 0.3) is 0 Å². The summed E-state index contributed by atoms with van der Waals surface area (Å²) < 4.78 is 0. The van der Waals surface area contributed by atoms with E-state index in [9.17, 15) is 0 Å². The van der Waals surface area contributed by atoms with Crippen LogP contribution >= 0.6 is 0 Å². The predicted octanol–water partition coefficient (Wildman–Crippen LogP) is 6.66. The summed E-state index contributed by atoms with van der Waals surface area (Å²) in [5.41, 5.74) is 5.79. The number of allylic oxidation sites excluding steroid dienone is 4. The van der Waals surface area contributed by atoms with Crippen molar-refractivity contribution in [2.75, 3.05) is 0 Å². The molecular weight excluding hydrogens is 367 g/mol. The largest absolute Gasteiger partial charge is 0.126 e. The van der Waals surface area contributed by atoms with Crippen LogP contribution in [0.1, 0.15) is 43.9 Å². The molecule has 0 atom stereocenters. The molecule has 24 heavy (non-hydrogen) atoms. The van der Waals surface area contributed by atoms with Gasteiger partial charge in [-0.15, -0.1) is 33.7 Å². The van der Waals surface area contributed by atoms with Crippen LogP contribution in [0.3, 0.4) is 0 Å². The molecular formula is C23H23Zr-. The van der Waals surface area contributed by atoms with Gasteiger partial charge in [0.05, 0.1) is 0 Å². The number of hydrogen-bond donors (Lipinski definition) is 0. The third kappa shape index (κ3) is 2.78. The Bertz CT molecular complexity index is 975. The summed E-state index contributed by atoms with van der Waals surface area (Å²) in [6, 6.07) is 13.8. The van der Waals surface area contributed by atoms with Crippen molar-refractivity contribution in [3.05, 3.63) is 71.3 Å². The zero-order valence-corrected chi connectivity index (χ0v) is 17.4. The van der Waals surface area contributed by atoms with Gasteiger partial charge in [-0.25, -0.2) is 0 Å². The van der Waals surface area contributed by atoms with E-state index < -0.39 is 0 Å². The van der Waals surface area contributed by atoms with E-state index >= 15 is 0 Å². The Labute approximate surface area is 163 Å². The Balaban J connectivity index is 0.00000169. The second kappa shape index (κ2) is 6.19. The van der Waals surface area contributed by atoms with Crippen LogP contribution in [-0.2, 0) is 31.6 Å². The molecule has 0 aromatic heterocycles. The fourth-order valence-corrected chi connectivity index (χ4v) is 3.70. The normalized spacial score (nSPS) is 14.2. The van der Waals surface area contributed by atoms with Crippen LogP contribution in [0.5, 0.6) is 0 Å². The first-order chi connectivity index (χ1) is 10.9. The minimum Gasteiger partial charge on any atom is -0.126 e. The van der Waals surface area contributed by atoms with Crippen LogP contribution < -0.4 is 0 Å². The molecule has 0 aliphatic heterocycles. The van der Waals surface area contributed by atoms with Crippen LogP contribution in [0.2, 0.25) is 0 Å². The quantitative estimate of drug-likeness (QED) is 0.408. The van der Waals surface area contributed by atoms with Crippen molar-refractivity contribution in [2.45, 2.75) is 39.5 Å². The van der Waals surface area contributed by atoms with E-state index in [2.05, 4.69) is 82.3 Å². The first-order valence-electron chi connectivity index (χ1n) is 8.44. The second-order valence-corrected chi connectivity index (χ2v) is 7.74. The maximum absolute atomic E-state index is 2.41. The molecule has 0 fully saturated rings. The fraction of sp³-hybridized carbons (Fsp3) is 0.261. The topological polar surface area (TPSA) is 0 Å². The van der Waals surface area contributed by atoms with Gasteiger partial charge in [-0.3, -0.25) is 0 Å². The molecule has 0 amide bonds. The number of benzene rings is 2. The van der Waals surface area contributed by atoms with Gasteiger partial charge in [0.2, 0.25) is 0 Å². The van der Waals surface area contributed by atoms with Gasteiger partial charge >= 0.3 is 0 Å². The Morgan fingerprint density at radius 2 is 1.88 bits per heavy atom. The molecule has 0 radical (unpaired) electrons. The van der Waals surface area contributed by atoms with Gasteiger partial charge in [0, 0.05) is 26.2 Å². The Morgan fingerprint density at radius 3 is 2.54 bits per heavy atom. The van der Waals surface area contributed by atoms with Crippen LogP contribution in [0.25, 0.3) is 27.1 Å². The molecule has 1 heteroatoms. The Morgan fingerprint density at radius 1 is 1.08 bits per heavy atom. The van der Waals surface area contributed by atoms with Crippen molar-refractivity contribution in [1.29, 1.82) is 0 Å². The number of hydrogen-bond acceptors (Lipinski definition) is 0. The first-order valence-corrected chi connectivity index (χ1v) is 8.44. The van der Waals surface area contributed by atoms with Crippen molar-refractivity contribution in [3.8, 4) is 0 Å². The molecule has 0 bridgehead atoms. The minimum absolute atomic E-state index is 0. The van der Waals surface area contributed by atoms with E-state index in [0.29, 0.717) is 0 Å². The van der Waals surface area contributed by atoms with E-state index in [0.717, 1.165) is 6.42 Å². The molecule has 0 saturated heterocycles. The molecule has 0 heterocycles. The molecule has 0 saturated carbocycles. The van der Waals surface area contributed by atoms with Gasteiger partial charge in [-0.2, -0.15) is 0 Å². The van der Waals surface area contributed by atoms with Gasteiger partial charge in [-0.1, -0.05) is 85.5 Å². The van der Waals surface area contributed by atoms with Gasteiger partial charge in [0.1, 0.15) is 0 Å². The standard InChI is InChI=1S/C23H23.Zr/c1-15-8-7-11-17-12-20-19(16-9-5-6-10-16)13-18(23(2,3)4)14-21(20)22(15)17;/h5-9,11-14H,10H2,1-4H3;/q-1;. The molecule has 0 N–H and O–H groups in total. The fourth-order valence-electron chi connectivity index (χ4n) is 3.70. The Kier molecular flexibility index (Phi) is 4.51. The molecule has 0 nitrogen and oxygen atoms in total. The van der Waals surface area contributed by atoms with Crippen LogP contribution in [-0.4, -0.2) is 0 Å². The summed E-state index contributed by atoms with van der Waals surface area (Å²) in [5.74, 6) is 0. The SMILES string of the molecule is Cc1cccc2[cH-]c3c(C4=CC=CC4)cc(C(C)(C)C)cc3c12.[Zr]. The molecule has 3 aromatic carbocycles. The van der Waals surface area contributed by atoms with Gasteiger partial charge in [-0.05, 0) is 18.8 Å². The average molecular weight is 391 g/mol. The van der Waals surface area contributed by atoms with Crippen molar-refractivity contribution in [3.63, 3.8) is 0 Å². The summed E-state index contributed by atoms with van der Waals surface area (Å²) in [6.07, 6.45) is 7.74. The van der Waals surface area contributed by atoms with Crippen LogP contribution in [0.4, 0.5) is 0 Å². The van der Waals surface area contributed by atoms with E-state index in [-0.39, 0.29) is 31.6 Å².